The third-order valence-corrected chi connectivity index (χ3v) is 4.71. The van der Waals surface area contributed by atoms with Crippen LogP contribution in [0.15, 0.2) is 46.3 Å². The monoisotopic (exact) mass is 355 g/mol. The molecule has 0 atom stereocenters. The number of benzene rings is 1. The van der Waals surface area contributed by atoms with Crippen LogP contribution in [0.5, 0.6) is 5.75 Å². The van der Waals surface area contributed by atoms with Gasteiger partial charge < -0.3 is 14.6 Å². The van der Waals surface area contributed by atoms with Crippen molar-refractivity contribution >= 4 is 22.9 Å². The lowest BCUT2D eigenvalue weighted by Crippen LogP contribution is -2.13. The zero-order valence-electron chi connectivity index (χ0n) is 13.5. The second-order valence-electron chi connectivity index (χ2n) is 5.94. The van der Waals surface area contributed by atoms with Crippen LogP contribution in [0.4, 0.5) is 5.69 Å². The predicted octanol–water partition coefficient (Wildman–Crippen LogP) is 3.77. The van der Waals surface area contributed by atoms with Crippen LogP contribution in [0.2, 0.25) is 0 Å². The largest absolute Gasteiger partial charge is 0.485 e. The summed E-state index contributed by atoms with van der Waals surface area (Å²) < 4.78 is 10.8. The lowest BCUT2D eigenvalue weighted by atomic mass is 10.2. The fraction of sp³-hybridized carbons (Fsp3) is 0.278. The van der Waals surface area contributed by atoms with E-state index >= 15 is 0 Å². The van der Waals surface area contributed by atoms with Crippen molar-refractivity contribution in [3.8, 4) is 5.75 Å². The van der Waals surface area contributed by atoms with E-state index in [0.717, 1.165) is 23.4 Å². The first-order chi connectivity index (χ1) is 12.3. The van der Waals surface area contributed by atoms with Gasteiger partial charge in [-0.05, 0) is 48.6 Å². The third kappa shape index (κ3) is 4.24. The third-order valence-electron chi connectivity index (χ3n) is 3.83. The van der Waals surface area contributed by atoms with Gasteiger partial charge in [-0.15, -0.1) is 11.3 Å². The maximum Gasteiger partial charge on any atom is 0.229 e. The van der Waals surface area contributed by atoms with Crippen LogP contribution in [-0.4, -0.2) is 16.0 Å². The van der Waals surface area contributed by atoms with Crippen molar-refractivity contribution in [3.05, 3.63) is 58.4 Å². The zero-order valence-corrected chi connectivity index (χ0v) is 14.3. The van der Waals surface area contributed by atoms with Crippen molar-refractivity contribution in [3.63, 3.8) is 0 Å². The van der Waals surface area contributed by atoms with Crippen LogP contribution in [0, 0.1) is 0 Å². The Bertz CT molecular complexity index is 839. The van der Waals surface area contributed by atoms with Gasteiger partial charge >= 0.3 is 0 Å². The molecule has 1 saturated carbocycles. The molecule has 0 radical (unpaired) electrons. The maximum atomic E-state index is 12.0. The summed E-state index contributed by atoms with van der Waals surface area (Å²) in [6.07, 6.45) is 2.64. The van der Waals surface area contributed by atoms with Crippen molar-refractivity contribution in [2.24, 2.45) is 0 Å². The molecule has 128 valence electrons. The average Bonchev–Trinajstić information content (AvgIpc) is 3.14. The fourth-order valence-electron chi connectivity index (χ4n) is 2.38. The lowest BCUT2D eigenvalue weighted by Gasteiger charge is -2.07. The zero-order chi connectivity index (χ0) is 17.1. The van der Waals surface area contributed by atoms with Gasteiger partial charge in [0.25, 0.3) is 0 Å². The highest BCUT2D eigenvalue weighted by atomic mass is 32.1. The van der Waals surface area contributed by atoms with E-state index in [1.165, 1.54) is 0 Å². The molecule has 0 spiro atoms. The Kier molecular flexibility index (Phi) is 4.47. The summed E-state index contributed by atoms with van der Waals surface area (Å²) in [7, 11) is 0. The van der Waals surface area contributed by atoms with E-state index in [4.69, 9.17) is 9.26 Å². The Labute approximate surface area is 148 Å². The van der Waals surface area contributed by atoms with Gasteiger partial charge in [0, 0.05) is 16.5 Å². The molecule has 1 aliphatic rings. The van der Waals surface area contributed by atoms with Gasteiger partial charge in [-0.2, -0.15) is 4.98 Å². The highest BCUT2D eigenvalue weighted by Crippen LogP contribution is 2.38. The number of anilines is 1. The van der Waals surface area contributed by atoms with Gasteiger partial charge in [0.1, 0.15) is 5.75 Å². The Balaban J connectivity index is 1.28. The smallest absolute Gasteiger partial charge is 0.229 e. The highest BCUT2D eigenvalue weighted by Gasteiger charge is 2.29. The number of hydrogen-bond acceptors (Lipinski definition) is 6. The quantitative estimate of drug-likeness (QED) is 0.698. The number of aromatic nitrogens is 2. The molecule has 1 aliphatic carbocycles. The summed E-state index contributed by atoms with van der Waals surface area (Å²) in [5.74, 6) is 2.36. The van der Waals surface area contributed by atoms with Crippen molar-refractivity contribution in [1.82, 2.24) is 10.1 Å². The Morgan fingerprint density at radius 1 is 1.28 bits per heavy atom. The van der Waals surface area contributed by atoms with Crippen LogP contribution < -0.4 is 10.1 Å². The Morgan fingerprint density at radius 3 is 2.84 bits per heavy atom. The average molecular weight is 355 g/mol. The normalized spacial score (nSPS) is 13.6. The molecule has 0 bridgehead atoms. The van der Waals surface area contributed by atoms with Gasteiger partial charge in [0.05, 0.1) is 6.42 Å². The number of ether oxygens (including phenoxy) is 1. The molecule has 6 nitrogen and oxygen atoms in total. The number of amides is 1. The number of nitrogens with zero attached hydrogens (tertiary/aromatic N) is 2. The topological polar surface area (TPSA) is 77.2 Å². The summed E-state index contributed by atoms with van der Waals surface area (Å²) in [5, 5.41) is 8.76. The number of thiophene rings is 1. The highest BCUT2D eigenvalue weighted by molar-refractivity contribution is 7.10. The number of nitrogens with one attached hydrogen (secondary N) is 1. The van der Waals surface area contributed by atoms with E-state index in [9.17, 15) is 4.79 Å². The Hall–Kier alpha value is -2.67. The molecule has 2 heterocycles. The summed E-state index contributed by atoms with van der Waals surface area (Å²) in [5.41, 5.74) is 0.740. The molecule has 1 N–H and O–H groups in total. The van der Waals surface area contributed by atoms with Crippen molar-refractivity contribution in [1.29, 1.82) is 0 Å². The fourth-order valence-corrected chi connectivity index (χ4v) is 3.08. The second kappa shape index (κ2) is 7.06. The van der Waals surface area contributed by atoms with Crippen LogP contribution in [0.3, 0.4) is 0 Å². The molecule has 2 aromatic heterocycles. The summed E-state index contributed by atoms with van der Waals surface area (Å²) in [6, 6.07) is 11.1. The number of carbonyl (C=O) groups excluding carboxylic acids is 1. The minimum atomic E-state index is -0.0319. The molecule has 1 amide bonds. The predicted molar refractivity (Wildman–Crippen MR) is 93.7 cm³/mol. The minimum Gasteiger partial charge on any atom is -0.485 e. The van der Waals surface area contributed by atoms with Crippen molar-refractivity contribution in [2.75, 3.05) is 5.32 Å². The summed E-state index contributed by atoms with van der Waals surface area (Å²) in [6.45, 7) is 0.264. The van der Waals surface area contributed by atoms with Gasteiger partial charge in [0.2, 0.25) is 17.6 Å². The van der Waals surface area contributed by atoms with Crippen LogP contribution in [0.1, 0.15) is 35.4 Å². The maximum absolute atomic E-state index is 12.0. The first-order valence-electron chi connectivity index (χ1n) is 8.14. The van der Waals surface area contributed by atoms with Crippen LogP contribution >= 0.6 is 11.3 Å². The molecule has 0 aliphatic heterocycles. The molecule has 7 heteroatoms. The van der Waals surface area contributed by atoms with E-state index in [1.807, 2.05) is 41.8 Å². The molecule has 1 fully saturated rings. The first-order valence-corrected chi connectivity index (χ1v) is 9.02. The Morgan fingerprint density at radius 2 is 2.12 bits per heavy atom. The van der Waals surface area contributed by atoms with Gasteiger partial charge in [-0.25, -0.2) is 0 Å². The summed E-state index contributed by atoms with van der Waals surface area (Å²) >= 11 is 1.58. The van der Waals surface area contributed by atoms with Gasteiger partial charge in [-0.1, -0.05) is 11.2 Å². The molecular weight excluding hydrogens is 338 g/mol. The molecule has 4 rings (SSSR count). The van der Waals surface area contributed by atoms with E-state index in [0.29, 0.717) is 29.8 Å². The summed E-state index contributed by atoms with van der Waals surface area (Å²) in [4.78, 5) is 17.3. The molecule has 3 aromatic rings. The second-order valence-corrected chi connectivity index (χ2v) is 6.97. The molecule has 1 aromatic carbocycles. The SMILES string of the molecule is O=C(Cc1cccs1)Nc1ccc(OCc2noc(C3CC3)n2)cc1. The van der Waals surface area contributed by atoms with Gasteiger partial charge in [-0.3, -0.25) is 4.79 Å². The van der Waals surface area contributed by atoms with Crippen LogP contribution in [-0.2, 0) is 17.8 Å². The molecule has 0 saturated heterocycles. The lowest BCUT2D eigenvalue weighted by molar-refractivity contribution is -0.115. The molecule has 25 heavy (non-hydrogen) atoms. The van der Waals surface area contributed by atoms with Crippen molar-refractivity contribution < 1.29 is 14.1 Å². The van der Waals surface area contributed by atoms with Gasteiger partial charge in [0.15, 0.2) is 6.61 Å². The van der Waals surface area contributed by atoms with Crippen molar-refractivity contribution in [2.45, 2.75) is 31.8 Å². The van der Waals surface area contributed by atoms with E-state index in [-0.39, 0.29) is 12.5 Å². The van der Waals surface area contributed by atoms with Crippen LogP contribution in [0.25, 0.3) is 0 Å². The van der Waals surface area contributed by atoms with E-state index in [1.54, 1.807) is 11.3 Å². The first kappa shape index (κ1) is 15.8. The number of hydrogen-bond donors (Lipinski definition) is 1. The standard InChI is InChI=1S/C18H17N3O3S/c22-17(10-15-2-1-9-25-15)19-13-5-7-14(8-6-13)23-11-16-20-18(24-21-16)12-3-4-12/h1-2,5-9,12H,3-4,10-11H2,(H,19,22). The number of rotatable bonds is 7. The number of carbonyl (C=O) groups is 1. The molecule has 0 unspecified atom stereocenters. The van der Waals surface area contributed by atoms with E-state index < -0.39 is 0 Å². The molecular formula is C18H17N3O3S. The minimum absolute atomic E-state index is 0.0319. The van der Waals surface area contributed by atoms with E-state index in [2.05, 4.69) is 15.5 Å².